The zero-order valence-corrected chi connectivity index (χ0v) is 22.8. The van der Waals surface area contributed by atoms with Crippen LogP contribution in [0.2, 0.25) is 0 Å². The lowest BCUT2D eigenvalue weighted by molar-refractivity contribution is 0.0961. The second-order valence-electron chi connectivity index (χ2n) is 9.98. The number of nitrogens with one attached hydrogen (secondary N) is 1. The van der Waals surface area contributed by atoms with E-state index in [0.717, 1.165) is 29.5 Å². The van der Waals surface area contributed by atoms with Crippen LogP contribution in [-0.2, 0) is 0 Å². The number of aromatic nitrogens is 2. The number of aryl methyl sites for hydroxylation is 1. The summed E-state index contributed by atoms with van der Waals surface area (Å²) in [4.78, 5) is 28.8. The molecule has 1 aliphatic rings. The topological polar surface area (TPSA) is 97.6 Å². The van der Waals surface area contributed by atoms with Crippen LogP contribution in [0.1, 0.15) is 39.1 Å². The SMILES string of the molecule is CNC(=O)c1c(-c2ccc(F)cc2)oc2ccc(-c3cc(C(=O)N(c4ccnnc4)C4CC4)c(OC)cc3C)cc12. The Labute approximate surface area is 235 Å². The van der Waals surface area contributed by atoms with Crippen LogP contribution in [0.3, 0.4) is 0 Å². The van der Waals surface area contributed by atoms with Crippen molar-refractivity contribution < 1.29 is 23.1 Å². The van der Waals surface area contributed by atoms with Gasteiger partial charge in [-0.15, -0.1) is 0 Å². The molecule has 1 aliphatic carbocycles. The summed E-state index contributed by atoms with van der Waals surface area (Å²) in [6.45, 7) is 1.95. The average molecular weight is 551 g/mol. The number of rotatable bonds is 7. The lowest BCUT2D eigenvalue weighted by Crippen LogP contribution is -2.33. The predicted octanol–water partition coefficient (Wildman–Crippen LogP) is 6.18. The number of nitrogens with zero attached hydrogens (tertiary/aromatic N) is 3. The highest BCUT2D eigenvalue weighted by molar-refractivity contribution is 6.12. The second-order valence-corrected chi connectivity index (χ2v) is 9.98. The van der Waals surface area contributed by atoms with Crippen LogP contribution in [-0.4, -0.2) is 42.2 Å². The highest BCUT2D eigenvalue weighted by Crippen LogP contribution is 2.39. The molecule has 8 nitrogen and oxygen atoms in total. The molecule has 3 aromatic carbocycles. The lowest BCUT2D eigenvalue weighted by atomic mass is 9.94. The number of anilines is 1. The van der Waals surface area contributed by atoms with E-state index < -0.39 is 0 Å². The van der Waals surface area contributed by atoms with Gasteiger partial charge in [0.1, 0.15) is 22.9 Å². The Morgan fingerprint density at radius 3 is 2.44 bits per heavy atom. The zero-order chi connectivity index (χ0) is 28.7. The molecule has 6 rings (SSSR count). The Morgan fingerprint density at radius 2 is 1.78 bits per heavy atom. The van der Waals surface area contributed by atoms with Gasteiger partial charge in [-0.05, 0) is 91.1 Å². The maximum absolute atomic E-state index is 14.0. The van der Waals surface area contributed by atoms with Gasteiger partial charge in [-0.1, -0.05) is 6.07 Å². The minimum absolute atomic E-state index is 0.0865. The summed E-state index contributed by atoms with van der Waals surface area (Å²) < 4.78 is 25.4. The van der Waals surface area contributed by atoms with Gasteiger partial charge in [0.25, 0.3) is 11.8 Å². The van der Waals surface area contributed by atoms with E-state index in [1.807, 2.05) is 31.2 Å². The van der Waals surface area contributed by atoms with Gasteiger partial charge in [-0.2, -0.15) is 10.2 Å². The molecule has 0 aliphatic heterocycles. The van der Waals surface area contributed by atoms with Crippen molar-refractivity contribution in [2.24, 2.45) is 0 Å². The van der Waals surface area contributed by atoms with Crippen molar-refractivity contribution >= 4 is 28.5 Å². The number of furan rings is 1. The third-order valence-corrected chi connectivity index (χ3v) is 7.31. The van der Waals surface area contributed by atoms with Gasteiger partial charge >= 0.3 is 0 Å². The van der Waals surface area contributed by atoms with E-state index >= 15 is 0 Å². The first-order valence-corrected chi connectivity index (χ1v) is 13.2. The number of methoxy groups -OCH3 is 1. The van der Waals surface area contributed by atoms with Crippen LogP contribution < -0.4 is 15.0 Å². The number of halogens is 1. The van der Waals surface area contributed by atoms with Crippen molar-refractivity contribution in [1.82, 2.24) is 15.5 Å². The Bertz CT molecular complexity index is 1780. The molecule has 5 aromatic rings. The van der Waals surface area contributed by atoms with Crippen LogP contribution in [0.15, 0.2) is 77.5 Å². The highest BCUT2D eigenvalue weighted by Gasteiger charge is 2.36. The van der Waals surface area contributed by atoms with Gasteiger partial charge in [0, 0.05) is 24.0 Å². The maximum Gasteiger partial charge on any atom is 0.262 e. The van der Waals surface area contributed by atoms with Gasteiger partial charge in [-0.25, -0.2) is 4.39 Å². The molecule has 206 valence electrons. The Hall–Kier alpha value is -5.05. The number of benzene rings is 3. The molecule has 41 heavy (non-hydrogen) atoms. The molecular formula is C32H27FN4O4. The third-order valence-electron chi connectivity index (χ3n) is 7.31. The number of fused-ring (bicyclic) bond motifs is 1. The number of hydrogen-bond donors (Lipinski definition) is 1. The summed E-state index contributed by atoms with van der Waals surface area (Å²) in [6, 6.07) is 16.9. The third kappa shape index (κ3) is 4.80. The molecule has 1 fully saturated rings. The van der Waals surface area contributed by atoms with Crippen molar-refractivity contribution in [2.45, 2.75) is 25.8 Å². The molecule has 0 saturated heterocycles. The van der Waals surface area contributed by atoms with E-state index in [1.165, 1.54) is 12.1 Å². The molecule has 0 spiro atoms. The molecule has 0 bridgehead atoms. The summed E-state index contributed by atoms with van der Waals surface area (Å²) in [7, 11) is 3.10. The minimum Gasteiger partial charge on any atom is -0.496 e. The zero-order valence-electron chi connectivity index (χ0n) is 22.8. The highest BCUT2D eigenvalue weighted by atomic mass is 19.1. The first-order chi connectivity index (χ1) is 19.9. The molecule has 1 N–H and O–H groups in total. The van der Waals surface area contributed by atoms with Crippen LogP contribution in [0.5, 0.6) is 5.75 Å². The molecule has 1 saturated carbocycles. The predicted molar refractivity (Wildman–Crippen MR) is 154 cm³/mol. The van der Waals surface area contributed by atoms with Crippen molar-refractivity contribution in [3.05, 3.63) is 95.6 Å². The molecule has 2 aromatic heterocycles. The Balaban J connectivity index is 1.48. The lowest BCUT2D eigenvalue weighted by Gasteiger charge is -2.24. The molecule has 0 radical (unpaired) electrons. The van der Waals surface area contributed by atoms with E-state index in [1.54, 1.807) is 55.7 Å². The average Bonchev–Trinajstić information content (AvgIpc) is 3.76. The Morgan fingerprint density at radius 1 is 1.02 bits per heavy atom. The Kier molecular flexibility index (Phi) is 6.70. The molecule has 9 heteroatoms. The molecule has 0 unspecified atom stereocenters. The van der Waals surface area contributed by atoms with Crippen LogP contribution in [0, 0.1) is 12.7 Å². The van der Waals surface area contributed by atoms with Crippen molar-refractivity contribution in [3.63, 3.8) is 0 Å². The van der Waals surface area contributed by atoms with E-state index in [2.05, 4.69) is 15.5 Å². The van der Waals surface area contributed by atoms with Gasteiger partial charge < -0.3 is 19.4 Å². The van der Waals surface area contributed by atoms with Gasteiger partial charge in [0.05, 0.1) is 36.3 Å². The van der Waals surface area contributed by atoms with E-state index in [-0.39, 0.29) is 23.7 Å². The number of ether oxygens (including phenoxy) is 1. The fourth-order valence-electron chi connectivity index (χ4n) is 5.13. The normalized spacial score (nSPS) is 12.8. The van der Waals surface area contributed by atoms with Crippen LogP contribution in [0.25, 0.3) is 33.4 Å². The molecule has 0 atom stereocenters. The first-order valence-electron chi connectivity index (χ1n) is 13.2. The van der Waals surface area contributed by atoms with Crippen molar-refractivity contribution in [2.75, 3.05) is 19.1 Å². The van der Waals surface area contributed by atoms with E-state index in [4.69, 9.17) is 9.15 Å². The number of amides is 2. The number of hydrogen-bond acceptors (Lipinski definition) is 6. The van der Waals surface area contributed by atoms with Gasteiger partial charge in [0.2, 0.25) is 0 Å². The van der Waals surface area contributed by atoms with Gasteiger partial charge in [0.15, 0.2) is 0 Å². The maximum atomic E-state index is 14.0. The number of carbonyl (C=O) groups excluding carboxylic acids is 2. The van der Waals surface area contributed by atoms with Crippen LogP contribution >= 0.6 is 0 Å². The molecule has 2 heterocycles. The minimum atomic E-state index is -0.380. The smallest absolute Gasteiger partial charge is 0.262 e. The second kappa shape index (κ2) is 10.5. The first kappa shape index (κ1) is 26.2. The fourth-order valence-corrected chi connectivity index (χ4v) is 5.13. The van der Waals surface area contributed by atoms with E-state index in [0.29, 0.717) is 44.9 Å². The quantitative estimate of drug-likeness (QED) is 0.260. The summed E-state index contributed by atoms with van der Waals surface area (Å²) >= 11 is 0. The van der Waals surface area contributed by atoms with E-state index in [9.17, 15) is 14.0 Å². The fraction of sp³-hybridized carbons (Fsp3) is 0.188. The standard InChI is InChI=1S/C32H27FN4O4/c1-18-14-28(40-3)26(32(39)37(22-9-10-22)23-12-13-35-36-17-23)16-24(18)20-6-11-27-25(15-20)29(31(38)34-2)30(41-27)19-4-7-21(33)8-5-19/h4-8,11-17,22H,9-10H2,1-3H3,(H,34,38). The van der Waals surface area contributed by atoms with Crippen molar-refractivity contribution in [1.29, 1.82) is 0 Å². The molecular weight excluding hydrogens is 523 g/mol. The summed E-state index contributed by atoms with van der Waals surface area (Å²) in [5, 5.41) is 11.1. The number of carbonyl (C=O) groups is 2. The summed E-state index contributed by atoms with van der Waals surface area (Å²) in [5.74, 6) is -0.0709. The molecule has 2 amide bonds. The van der Waals surface area contributed by atoms with Crippen LogP contribution in [0.4, 0.5) is 10.1 Å². The van der Waals surface area contributed by atoms with Gasteiger partial charge in [-0.3, -0.25) is 9.59 Å². The van der Waals surface area contributed by atoms with Crippen molar-refractivity contribution in [3.8, 4) is 28.2 Å². The largest absolute Gasteiger partial charge is 0.496 e. The monoisotopic (exact) mass is 550 g/mol. The summed E-state index contributed by atoms with van der Waals surface area (Å²) in [5.41, 5.74) is 5.05. The summed E-state index contributed by atoms with van der Waals surface area (Å²) in [6.07, 6.45) is 4.97.